The molecule has 1 aromatic carbocycles. The van der Waals surface area contributed by atoms with Crippen LogP contribution in [0.15, 0.2) is 24.3 Å². The second-order valence-electron chi connectivity index (χ2n) is 5.05. The summed E-state index contributed by atoms with van der Waals surface area (Å²) in [5, 5.41) is 5.35. The molecule has 0 aliphatic carbocycles. The third-order valence-corrected chi connectivity index (χ3v) is 4.73. The van der Waals surface area contributed by atoms with Crippen molar-refractivity contribution in [1.82, 2.24) is 15.2 Å². The van der Waals surface area contributed by atoms with Crippen molar-refractivity contribution in [3.05, 3.63) is 39.2 Å². The van der Waals surface area contributed by atoms with Gasteiger partial charge in [-0.25, -0.2) is 4.98 Å². The molecule has 1 aliphatic heterocycles. The van der Waals surface area contributed by atoms with Gasteiger partial charge in [0.05, 0.1) is 12.2 Å². The fourth-order valence-corrected chi connectivity index (χ4v) is 3.58. The molecular formula is C15H18ClN3S. The highest BCUT2D eigenvalue weighted by atomic mass is 35.5. The van der Waals surface area contributed by atoms with Crippen LogP contribution in [0.25, 0.3) is 11.3 Å². The first-order chi connectivity index (χ1) is 9.72. The standard InChI is InChI=1S/C15H18ClN3S/c1-11-15(12-2-4-13(16)5-3-12)18-14(20-11)10-19-8-6-17-7-9-19/h2-5,17H,6-10H2,1H3. The van der Waals surface area contributed by atoms with Gasteiger partial charge in [-0.3, -0.25) is 4.90 Å². The molecule has 20 heavy (non-hydrogen) atoms. The highest BCUT2D eigenvalue weighted by Crippen LogP contribution is 2.29. The number of thiazole rings is 1. The first kappa shape index (κ1) is 14.0. The van der Waals surface area contributed by atoms with Crippen molar-refractivity contribution in [2.45, 2.75) is 13.5 Å². The van der Waals surface area contributed by atoms with Gasteiger partial charge in [-0.2, -0.15) is 0 Å². The lowest BCUT2D eigenvalue weighted by atomic mass is 10.1. The molecule has 0 radical (unpaired) electrons. The predicted octanol–water partition coefficient (Wildman–Crippen LogP) is 3.18. The summed E-state index contributed by atoms with van der Waals surface area (Å²) in [4.78, 5) is 8.55. The number of rotatable bonds is 3. The van der Waals surface area contributed by atoms with Gasteiger partial charge in [0.25, 0.3) is 0 Å². The third-order valence-electron chi connectivity index (χ3n) is 3.53. The molecule has 1 aliphatic rings. The summed E-state index contributed by atoms with van der Waals surface area (Å²) in [5.41, 5.74) is 2.24. The topological polar surface area (TPSA) is 28.2 Å². The minimum absolute atomic E-state index is 0.766. The Morgan fingerprint density at radius 1 is 1.25 bits per heavy atom. The van der Waals surface area contributed by atoms with Crippen molar-refractivity contribution in [3.63, 3.8) is 0 Å². The summed E-state index contributed by atoms with van der Waals surface area (Å²) >= 11 is 7.74. The van der Waals surface area contributed by atoms with Crippen LogP contribution in [0.4, 0.5) is 0 Å². The van der Waals surface area contributed by atoms with E-state index in [4.69, 9.17) is 16.6 Å². The normalized spacial score (nSPS) is 16.5. The van der Waals surface area contributed by atoms with E-state index in [2.05, 4.69) is 17.1 Å². The molecule has 0 amide bonds. The molecule has 1 fully saturated rings. The average molecular weight is 308 g/mol. The number of benzene rings is 1. The number of hydrogen-bond donors (Lipinski definition) is 1. The van der Waals surface area contributed by atoms with Crippen molar-refractivity contribution in [2.75, 3.05) is 26.2 Å². The van der Waals surface area contributed by atoms with Gasteiger partial charge < -0.3 is 5.32 Å². The van der Waals surface area contributed by atoms with E-state index >= 15 is 0 Å². The molecule has 0 saturated carbocycles. The van der Waals surface area contributed by atoms with Gasteiger partial charge in [-0.05, 0) is 19.1 Å². The van der Waals surface area contributed by atoms with Crippen molar-refractivity contribution in [3.8, 4) is 11.3 Å². The van der Waals surface area contributed by atoms with E-state index in [1.165, 1.54) is 9.88 Å². The maximum Gasteiger partial charge on any atom is 0.108 e. The Morgan fingerprint density at radius 3 is 2.65 bits per heavy atom. The van der Waals surface area contributed by atoms with Gasteiger partial charge in [0, 0.05) is 41.6 Å². The van der Waals surface area contributed by atoms with Crippen LogP contribution in [0.3, 0.4) is 0 Å². The maximum absolute atomic E-state index is 5.94. The molecule has 0 atom stereocenters. The zero-order chi connectivity index (χ0) is 13.9. The molecule has 106 valence electrons. The SMILES string of the molecule is Cc1sc(CN2CCNCC2)nc1-c1ccc(Cl)cc1. The van der Waals surface area contributed by atoms with E-state index in [1.807, 2.05) is 24.3 Å². The van der Waals surface area contributed by atoms with Gasteiger partial charge in [-0.1, -0.05) is 23.7 Å². The van der Waals surface area contributed by atoms with Gasteiger partial charge in [0.2, 0.25) is 0 Å². The van der Waals surface area contributed by atoms with Crippen LogP contribution in [0.5, 0.6) is 0 Å². The molecule has 0 unspecified atom stereocenters. The van der Waals surface area contributed by atoms with Crippen LogP contribution in [-0.4, -0.2) is 36.1 Å². The molecule has 1 aromatic heterocycles. The Kier molecular flexibility index (Phi) is 4.36. The molecule has 2 heterocycles. The summed E-state index contributed by atoms with van der Waals surface area (Å²) < 4.78 is 0. The largest absolute Gasteiger partial charge is 0.314 e. The first-order valence-corrected chi connectivity index (χ1v) is 8.07. The highest BCUT2D eigenvalue weighted by molar-refractivity contribution is 7.12. The zero-order valence-corrected chi connectivity index (χ0v) is 13.1. The van der Waals surface area contributed by atoms with E-state index in [-0.39, 0.29) is 0 Å². The van der Waals surface area contributed by atoms with Gasteiger partial charge in [0.1, 0.15) is 5.01 Å². The molecular weight excluding hydrogens is 290 g/mol. The molecule has 3 nitrogen and oxygen atoms in total. The second kappa shape index (κ2) is 6.22. The second-order valence-corrected chi connectivity index (χ2v) is 6.77. The number of aryl methyl sites for hydroxylation is 1. The van der Waals surface area contributed by atoms with Gasteiger partial charge >= 0.3 is 0 Å². The van der Waals surface area contributed by atoms with Crippen LogP contribution in [-0.2, 0) is 6.54 Å². The van der Waals surface area contributed by atoms with Crippen LogP contribution in [0, 0.1) is 6.92 Å². The van der Waals surface area contributed by atoms with Gasteiger partial charge in [-0.15, -0.1) is 11.3 Å². The summed E-state index contributed by atoms with van der Waals surface area (Å²) in [6, 6.07) is 7.93. The highest BCUT2D eigenvalue weighted by Gasteiger charge is 2.14. The van der Waals surface area contributed by atoms with E-state index in [0.717, 1.165) is 49.0 Å². The van der Waals surface area contributed by atoms with Crippen molar-refractivity contribution >= 4 is 22.9 Å². The lowest BCUT2D eigenvalue weighted by Crippen LogP contribution is -2.42. The Labute approximate surface area is 128 Å². The quantitative estimate of drug-likeness (QED) is 0.944. The first-order valence-electron chi connectivity index (χ1n) is 6.88. The zero-order valence-electron chi connectivity index (χ0n) is 11.5. The number of nitrogens with one attached hydrogen (secondary N) is 1. The van der Waals surface area contributed by atoms with E-state index in [0.29, 0.717) is 0 Å². The van der Waals surface area contributed by atoms with Gasteiger partial charge in [0.15, 0.2) is 0 Å². The van der Waals surface area contributed by atoms with Crippen LogP contribution in [0.2, 0.25) is 5.02 Å². The monoisotopic (exact) mass is 307 g/mol. The van der Waals surface area contributed by atoms with E-state index in [9.17, 15) is 0 Å². The predicted molar refractivity (Wildman–Crippen MR) is 85.4 cm³/mol. The lowest BCUT2D eigenvalue weighted by molar-refractivity contribution is 0.233. The van der Waals surface area contributed by atoms with Crippen LogP contribution in [0.1, 0.15) is 9.88 Å². The summed E-state index contributed by atoms with van der Waals surface area (Å²) in [7, 11) is 0. The fourth-order valence-electron chi connectivity index (χ4n) is 2.46. The Hall–Kier alpha value is -0.940. The smallest absolute Gasteiger partial charge is 0.108 e. The van der Waals surface area contributed by atoms with Crippen molar-refractivity contribution in [2.24, 2.45) is 0 Å². The van der Waals surface area contributed by atoms with Crippen molar-refractivity contribution < 1.29 is 0 Å². The number of aromatic nitrogens is 1. The van der Waals surface area contributed by atoms with E-state index in [1.54, 1.807) is 11.3 Å². The third kappa shape index (κ3) is 3.20. The van der Waals surface area contributed by atoms with Crippen molar-refractivity contribution in [1.29, 1.82) is 0 Å². The molecule has 0 spiro atoms. The van der Waals surface area contributed by atoms with Crippen LogP contribution < -0.4 is 5.32 Å². The lowest BCUT2D eigenvalue weighted by Gasteiger charge is -2.26. The molecule has 1 N–H and O–H groups in total. The Bertz CT molecular complexity index is 573. The molecule has 2 aromatic rings. The average Bonchev–Trinajstić information content (AvgIpc) is 2.81. The summed E-state index contributed by atoms with van der Waals surface area (Å²) in [6.07, 6.45) is 0. The molecule has 0 bridgehead atoms. The number of halogens is 1. The minimum Gasteiger partial charge on any atom is -0.314 e. The maximum atomic E-state index is 5.94. The van der Waals surface area contributed by atoms with Crippen LogP contribution >= 0.6 is 22.9 Å². The molecule has 5 heteroatoms. The fraction of sp³-hybridized carbons (Fsp3) is 0.400. The summed E-state index contributed by atoms with van der Waals surface area (Å²) in [5.74, 6) is 0. The molecule has 3 rings (SSSR count). The Balaban J connectivity index is 1.78. The Morgan fingerprint density at radius 2 is 1.95 bits per heavy atom. The number of hydrogen-bond acceptors (Lipinski definition) is 4. The minimum atomic E-state index is 0.766. The van der Waals surface area contributed by atoms with E-state index < -0.39 is 0 Å². The number of piperazine rings is 1. The number of nitrogens with zero attached hydrogens (tertiary/aromatic N) is 2. The molecule has 1 saturated heterocycles. The summed E-state index contributed by atoms with van der Waals surface area (Å²) in [6.45, 7) is 7.47.